The Balaban J connectivity index is 3.07. The van der Waals surface area contributed by atoms with Crippen molar-refractivity contribution in [1.82, 2.24) is 9.97 Å². The van der Waals surface area contributed by atoms with Gasteiger partial charge in [-0.05, 0) is 25.8 Å². The summed E-state index contributed by atoms with van der Waals surface area (Å²) < 4.78 is 23.8. The second-order valence-corrected chi connectivity index (χ2v) is 6.21. The molecule has 0 N–H and O–H groups in total. The molecule has 0 aromatic carbocycles. The van der Waals surface area contributed by atoms with Crippen LogP contribution in [0, 0.1) is 19.8 Å². The topological polar surface area (TPSA) is 59.9 Å². The third-order valence-electron chi connectivity index (χ3n) is 2.01. The minimum atomic E-state index is -3.42. The summed E-state index contributed by atoms with van der Waals surface area (Å²) in [6, 6.07) is 1.74. The molecule has 1 atom stereocenters. The summed E-state index contributed by atoms with van der Waals surface area (Å²) in [5.41, 5.74) is 1.31. The molecular formula is C10H15ClN2O2S. The average Bonchev–Trinajstić information content (AvgIpc) is 2.15. The zero-order valence-corrected chi connectivity index (χ0v) is 11.1. The van der Waals surface area contributed by atoms with Crippen LogP contribution in [0.2, 0.25) is 0 Å². The number of aryl methyl sites for hydroxylation is 2. The molecule has 1 rings (SSSR count). The zero-order chi connectivity index (χ0) is 12.3. The normalized spacial score (nSPS) is 13.8. The number of sulfone groups is 1. The Hall–Kier alpha value is -0.680. The number of rotatable bonds is 4. The van der Waals surface area contributed by atoms with Crippen LogP contribution in [0.25, 0.3) is 0 Å². The smallest absolute Gasteiger partial charge is 0.224 e. The molecule has 0 radical (unpaired) electrons. The van der Waals surface area contributed by atoms with Crippen molar-refractivity contribution in [2.24, 2.45) is 5.92 Å². The Kier molecular flexibility index (Phi) is 4.27. The maximum atomic E-state index is 11.9. The van der Waals surface area contributed by atoms with E-state index in [1.54, 1.807) is 26.8 Å². The van der Waals surface area contributed by atoms with E-state index in [1.807, 2.05) is 0 Å². The van der Waals surface area contributed by atoms with Crippen molar-refractivity contribution >= 4 is 21.4 Å². The van der Waals surface area contributed by atoms with Gasteiger partial charge in [-0.2, -0.15) is 0 Å². The minimum Gasteiger partial charge on any atom is -0.224 e. The van der Waals surface area contributed by atoms with Crippen LogP contribution < -0.4 is 0 Å². The van der Waals surface area contributed by atoms with Crippen molar-refractivity contribution in [1.29, 1.82) is 0 Å². The Bertz CT molecular complexity index is 453. The number of hydrogen-bond donors (Lipinski definition) is 0. The van der Waals surface area contributed by atoms with Gasteiger partial charge in [0.2, 0.25) is 15.0 Å². The fourth-order valence-electron chi connectivity index (χ4n) is 1.33. The number of halogens is 1. The molecule has 90 valence electrons. The van der Waals surface area contributed by atoms with E-state index in [2.05, 4.69) is 9.97 Å². The molecule has 6 heteroatoms. The van der Waals surface area contributed by atoms with Gasteiger partial charge in [0, 0.05) is 17.3 Å². The summed E-state index contributed by atoms with van der Waals surface area (Å²) in [7, 11) is -3.42. The van der Waals surface area contributed by atoms with Gasteiger partial charge in [-0.1, -0.05) is 6.92 Å². The van der Waals surface area contributed by atoms with E-state index < -0.39 is 9.84 Å². The fraction of sp³-hybridized carbons (Fsp3) is 0.600. The van der Waals surface area contributed by atoms with Gasteiger partial charge in [-0.25, -0.2) is 18.4 Å². The van der Waals surface area contributed by atoms with Gasteiger partial charge in [0.1, 0.15) is 0 Å². The first-order valence-electron chi connectivity index (χ1n) is 4.96. The van der Waals surface area contributed by atoms with Crippen LogP contribution in [0.4, 0.5) is 0 Å². The third-order valence-corrected chi connectivity index (χ3v) is 4.28. The third kappa shape index (κ3) is 3.42. The molecule has 0 amide bonds. The van der Waals surface area contributed by atoms with Crippen molar-refractivity contribution in [2.45, 2.75) is 25.9 Å². The van der Waals surface area contributed by atoms with Crippen LogP contribution in [0.1, 0.15) is 18.3 Å². The Morgan fingerprint density at radius 3 is 2.25 bits per heavy atom. The lowest BCUT2D eigenvalue weighted by Gasteiger charge is -2.08. The minimum absolute atomic E-state index is 0.0145. The van der Waals surface area contributed by atoms with E-state index in [-0.39, 0.29) is 16.8 Å². The van der Waals surface area contributed by atoms with E-state index in [0.29, 0.717) is 17.3 Å². The van der Waals surface area contributed by atoms with Crippen LogP contribution in [0.3, 0.4) is 0 Å². The van der Waals surface area contributed by atoms with Gasteiger partial charge in [-0.15, -0.1) is 11.6 Å². The van der Waals surface area contributed by atoms with E-state index in [4.69, 9.17) is 11.6 Å². The standard InChI is InChI=1S/C10H15ClN2O2S/c1-7(5-11)6-16(14,15)10-12-8(2)4-9(3)13-10/h4,7H,5-6H2,1-3H3. The number of aromatic nitrogens is 2. The molecule has 1 aromatic heterocycles. The Morgan fingerprint density at radius 1 is 1.31 bits per heavy atom. The molecule has 0 aliphatic heterocycles. The zero-order valence-electron chi connectivity index (χ0n) is 9.57. The van der Waals surface area contributed by atoms with Crippen LogP contribution in [-0.2, 0) is 9.84 Å². The summed E-state index contributed by atoms with van der Waals surface area (Å²) in [5, 5.41) is -0.0954. The molecule has 4 nitrogen and oxygen atoms in total. The summed E-state index contributed by atoms with van der Waals surface area (Å²) in [4.78, 5) is 7.90. The summed E-state index contributed by atoms with van der Waals surface area (Å²) in [6.45, 7) is 5.28. The SMILES string of the molecule is Cc1cc(C)nc(S(=O)(=O)CC(C)CCl)n1. The molecule has 0 aliphatic rings. The Morgan fingerprint density at radius 2 is 1.81 bits per heavy atom. The van der Waals surface area contributed by atoms with E-state index in [1.165, 1.54) is 0 Å². The van der Waals surface area contributed by atoms with Crippen LogP contribution in [-0.4, -0.2) is 30.0 Å². The summed E-state index contributed by atoms with van der Waals surface area (Å²) >= 11 is 5.60. The molecular weight excluding hydrogens is 248 g/mol. The van der Waals surface area contributed by atoms with E-state index >= 15 is 0 Å². The molecule has 1 heterocycles. The van der Waals surface area contributed by atoms with E-state index in [9.17, 15) is 8.42 Å². The molecule has 1 aromatic rings. The van der Waals surface area contributed by atoms with Crippen LogP contribution in [0.5, 0.6) is 0 Å². The first-order valence-corrected chi connectivity index (χ1v) is 7.15. The highest BCUT2D eigenvalue weighted by Gasteiger charge is 2.21. The quantitative estimate of drug-likeness (QED) is 0.613. The average molecular weight is 263 g/mol. The second-order valence-electron chi connectivity index (χ2n) is 3.97. The predicted octanol–water partition coefficient (Wildman–Crippen LogP) is 1.74. The maximum absolute atomic E-state index is 11.9. The molecule has 0 fully saturated rings. The van der Waals surface area contributed by atoms with Gasteiger partial charge in [0.15, 0.2) is 0 Å². The highest BCUT2D eigenvalue weighted by Crippen LogP contribution is 2.12. The summed E-state index contributed by atoms with van der Waals surface area (Å²) in [6.07, 6.45) is 0. The van der Waals surface area contributed by atoms with Crippen LogP contribution >= 0.6 is 11.6 Å². The van der Waals surface area contributed by atoms with Crippen molar-refractivity contribution < 1.29 is 8.42 Å². The number of hydrogen-bond acceptors (Lipinski definition) is 4. The lowest BCUT2D eigenvalue weighted by molar-refractivity contribution is 0.573. The molecule has 0 bridgehead atoms. The van der Waals surface area contributed by atoms with Crippen molar-refractivity contribution in [3.63, 3.8) is 0 Å². The lowest BCUT2D eigenvalue weighted by Crippen LogP contribution is -2.18. The van der Waals surface area contributed by atoms with Crippen LogP contribution in [0.15, 0.2) is 11.2 Å². The predicted molar refractivity (Wildman–Crippen MR) is 63.4 cm³/mol. The second kappa shape index (κ2) is 5.10. The van der Waals surface area contributed by atoms with Gasteiger partial charge >= 0.3 is 0 Å². The number of alkyl halides is 1. The highest BCUT2D eigenvalue weighted by atomic mass is 35.5. The van der Waals surface area contributed by atoms with Gasteiger partial charge < -0.3 is 0 Å². The fourth-order valence-corrected chi connectivity index (χ4v) is 3.15. The molecule has 0 spiro atoms. The first kappa shape index (κ1) is 13.4. The molecule has 1 unspecified atom stereocenters. The largest absolute Gasteiger partial charge is 0.247 e. The highest BCUT2D eigenvalue weighted by molar-refractivity contribution is 7.91. The molecule has 0 saturated heterocycles. The van der Waals surface area contributed by atoms with Gasteiger partial charge in [0.25, 0.3) is 0 Å². The lowest BCUT2D eigenvalue weighted by atomic mass is 10.3. The first-order chi connectivity index (χ1) is 7.35. The van der Waals surface area contributed by atoms with E-state index in [0.717, 1.165) is 0 Å². The van der Waals surface area contributed by atoms with Crippen molar-refractivity contribution in [2.75, 3.05) is 11.6 Å². The molecule has 0 saturated carbocycles. The maximum Gasteiger partial charge on any atom is 0.247 e. The molecule has 16 heavy (non-hydrogen) atoms. The number of nitrogens with zero attached hydrogens (tertiary/aromatic N) is 2. The van der Waals surface area contributed by atoms with Gasteiger partial charge in [0.05, 0.1) is 5.75 Å². The van der Waals surface area contributed by atoms with Crippen molar-refractivity contribution in [3.8, 4) is 0 Å². The molecule has 0 aliphatic carbocycles. The summed E-state index contributed by atoms with van der Waals surface area (Å²) in [5.74, 6) is 0.194. The monoisotopic (exact) mass is 262 g/mol. The van der Waals surface area contributed by atoms with Crippen molar-refractivity contribution in [3.05, 3.63) is 17.5 Å². The Labute approximate surface area is 101 Å². The van der Waals surface area contributed by atoms with Gasteiger partial charge in [-0.3, -0.25) is 0 Å².